The Morgan fingerprint density at radius 1 is 1.42 bits per heavy atom. The molecule has 0 amide bonds. The second-order valence-corrected chi connectivity index (χ2v) is 5.39. The number of hydrogen-bond donors (Lipinski definition) is 1. The van der Waals surface area contributed by atoms with Crippen LogP contribution in [0.15, 0.2) is 23.2 Å². The molecule has 102 valence electrons. The van der Waals surface area contributed by atoms with Crippen LogP contribution in [0.2, 0.25) is 0 Å². The van der Waals surface area contributed by atoms with Crippen LogP contribution in [0.3, 0.4) is 0 Å². The molecule has 0 aliphatic rings. The summed E-state index contributed by atoms with van der Waals surface area (Å²) < 4.78 is 25.9. The van der Waals surface area contributed by atoms with Crippen LogP contribution in [0.5, 0.6) is 0 Å². The number of aromatic nitrogens is 1. The van der Waals surface area contributed by atoms with Gasteiger partial charge in [-0.3, -0.25) is 0 Å². The fourth-order valence-corrected chi connectivity index (χ4v) is 2.28. The van der Waals surface area contributed by atoms with E-state index >= 15 is 0 Å². The highest BCUT2D eigenvalue weighted by Gasteiger charge is 2.17. The van der Waals surface area contributed by atoms with E-state index in [0.29, 0.717) is 19.3 Å². The van der Waals surface area contributed by atoms with E-state index in [1.165, 1.54) is 0 Å². The molecule has 0 fully saturated rings. The summed E-state index contributed by atoms with van der Waals surface area (Å²) in [6.07, 6.45) is 2.47. The average Bonchev–Trinajstić information content (AvgIpc) is 2.38. The first kappa shape index (κ1) is 15.0. The van der Waals surface area contributed by atoms with E-state index in [2.05, 4.69) is 9.71 Å². The van der Waals surface area contributed by atoms with Gasteiger partial charge in [0.1, 0.15) is 4.90 Å². The molecule has 0 unspecified atom stereocenters. The number of nitrogens with one attached hydrogen (secondary N) is 1. The highest BCUT2D eigenvalue weighted by Crippen LogP contribution is 2.12. The standard InChI is InChI=1S/C10H12N4O4S/c11-6-2-1-3-7-13-19(17,18)9-4-5-10(12-8-9)14(15)16/h4-5,8,13H,1-3,7H2. The van der Waals surface area contributed by atoms with Gasteiger partial charge in [0, 0.05) is 19.0 Å². The Morgan fingerprint density at radius 3 is 2.68 bits per heavy atom. The molecular weight excluding hydrogens is 272 g/mol. The van der Waals surface area contributed by atoms with Crippen LogP contribution in [0.25, 0.3) is 0 Å². The molecule has 1 aromatic rings. The lowest BCUT2D eigenvalue weighted by molar-refractivity contribution is -0.389. The highest BCUT2D eigenvalue weighted by atomic mass is 32.2. The van der Waals surface area contributed by atoms with E-state index < -0.39 is 20.8 Å². The van der Waals surface area contributed by atoms with Crippen molar-refractivity contribution >= 4 is 15.8 Å². The van der Waals surface area contributed by atoms with Crippen LogP contribution in [0.4, 0.5) is 5.82 Å². The minimum Gasteiger partial charge on any atom is -0.358 e. The van der Waals surface area contributed by atoms with Crippen molar-refractivity contribution in [3.63, 3.8) is 0 Å². The molecule has 1 aromatic heterocycles. The summed E-state index contributed by atoms with van der Waals surface area (Å²) in [6.45, 7) is 0.209. The maximum Gasteiger partial charge on any atom is 0.363 e. The second kappa shape index (κ2) is 6.77. The summed E-state index contributed by atoms with van der Waals surface area (Å²) in [5.74, 6) is -0.409. The molecule has 0 aliphatic heterocycles. The molecule has 0 radical (unpaired) electrons. The van der Waals surface area contributed by atoms with Gasteiger partial charge in [-0.2, -0.15) is 5.26 Å². The molecule has 0 saturated heterocycles. The Balaban J connectivity index is 2.62. The number of nitrogens with zero attached hydrogens (tertiary/aromatic N) is 3. The van der Waals surface area contributed by atoms with Crippen molar-refractivity contribution in [2.24, 2.45) is 0 Å². The van der Waals surface area contributed by atoms with Crippen LogP contribution in [0, 0.1) is 21.4 Å². The van der Waals surface area contributed by atoms with Crippen LogP contribution < -0.4 is 4.72 Å². The van der Waals surface area contributed by atoms with Crippen molar-refractivity contribution in [1.29, 1.82) is 5.26 Å². The van der Waals surface area contributed by atoms with Gasteiger partial charge in [-0.1, -0.05) is 0 Å². The first-order valence-electron chi connectivity index (χ1n) is 5.44. The largest absolute Gasteiger partial charge is 0.363 e. The lowest BCUT2D eigenvalue weighted by atomic mass is 10.2. The number of unbranched alkanes of at least 4 members (excludes halogenated alkanes) is 2. The topological polar surface area (TPSA) is 126 Å². The fourth-order valence-electron chi connectivity index (χ4n) is 1.26. The van der Waals surface area contributed by atoms with Crippen molar-refractivity contribution in [2.45, 2.75) is 24.2 Å². The summed E-state index contributed by atoms with van der Waals surface area (Å²) in [5.41, 5.74) is 0. The van der Waals surface area contributed by atoms with Crippen LogP contribution in [-0.4, -0.2) is 24.9 Å². The average molecular weight is 284 g/mol. The van der Waals surface area contributed by atoms with Crippen molar-refractivity contribution in [1.82, 2.24) is 9.71 Å². The Hall–Kier alpha value is -2.05. The van der Waals surface area contributed by atoms with Gasteiger partial charge in [-0.25, -0.2) is 13.1 Å². The zero-order valence-electron chi connectivity index (χ0n) is 9.94. The minimum atomic E-state index is -3.71. The first-order chi connectivity index (χ1) is 8.97. The molecule has 9 heteroatoms. The molecule has 0 bridgehead atoms. The van der Waals surface area contributed by atoms with Crippen molar-refractivity contribution in [2.75, 3.05) is 6.54 Å². The SMILES string of the molecule is N#CCCCCNS(=O)(=O)c1ccc([N+](=O)[O-])nc1. The number of sulfonamides is 1. The summed E-state index contributed by atoms with van der Waals surface area (Å²) in [7, 11) is -3.71. The summed E-state index contributed by atoms with van der Waals surface area (Å²) in [5, 5.41) is 18.7. The van der Waals surface area contributed by atoms with E-state index in [9.17, 15) is 18.5 Å². The monoisotopic (exact) mass is 284 g/mol. The lowest BCUT2D eigenvalue weighted by Crippen LogP contribution is -2.24. The Bertz CT molecular complexity index is 577. The number of hydrogen-bond acceptors (Lipinski definition) is 6. The third-order valence-corrected chi connectivity index (χ3v) is 3.67. The van der Waals surface area contributed by atoms with E-state index in [0.717, 1.165) is 18.3 Å². The van der Waals surface area contributed by atoms with E-state index in [1.54, 1.807) is 0 Å². The molecule has 0 aliphatic carbocycles. The molecule has 1 N–H and O–H groups in total. The molecule has 0 spiro atoms. The van der Waals surface area contributed by atoms with Crippen molar-refractivity contribution in [3.8, 4) is 6.07 Å². The Labute approximate surface area is 110 Å². The quantitative estimate of drug-likeness (QED) is 0.451. The van der Waals surface area contributed by atoms with E-state index in [-0.39, 0.29) is 11.4 Å². The third-order valence-electron chi connectivity index (χ3n) is 2.23. The molecule has 0 saturated carbocycles. The fraction of sp³-hybridized carbons (Fsp3) is 0.400. The number of pyridine rings is 1. The van der Waals surface area contributed by atoms with Gasteiger partial charge in [0.2, 0.25) is 10.0 Å². The van der Waals surface area contributed by atoms with E-state index in [1.807, 2.05) is 6.07 Å². The number of nitriles is 1. The van der Waals surface area contributed by atoms with Gasteiger partial charge in [0.05, 0.1) is 6.07 Å². The summed E-state index contributed by atoms with van der Waals surface area (Å²) in [6, 6.07) is 4.12. The maximum atomic E-state index is 11.8. The number of nitro groups is 1. The van der Waals surface area contributed by atoms with Crippen molar-refractivity contribution < 1.29 is 13.3 Å². The minimum absolute atomic E-state index is 0.126. The van der Waals surface area contributed by atoms with Crippen molar-refractivity contribution in [3.05, 3.63) is 28.4 Å². The van der Waals surface area contributed by atoms with Gasteiger partial charge in [-0.15, -0.1) is 0 Å². The Morgan fingerprint density at radius 2 is 2.16 bits per heavy atom. The van der Waals surface area contributed by atoms with Gasteiger partial charge in [0.15, 0.2) is 6.20 Å². The molecule has 1 rings (SSSR count). The molecule has 1 heterocycles. The van der Waals surface area contributed by atoms with Crippen LogP contribution in [0.1, 0.15) is 19.3 Å². The van der Waals surface area contributed by atoms with Gasteiger partial charge in [-0.05, 0) is 28.8 Å². The van der Waals surface area contributed by atoms with Crippen LogP contribution in [-0.2, 0) is 10.0 Å². The second-order valence-electron chi connectivity index (χ2n) is 3.62. The maximum absolute atomic E-state index is 11.8. The lowest BCUT2D eigenvalue weighted by Gasteiger charge is -2.04. The van der Waals surface area contributed by atoms with Gasteiger partial charge < -0.3 is 10.1 Å². The zero-order chi connectivity index (χ0) is 14.3. The normalized spacial score (nSPS) is 10.9. The zero-order valence-corrected chi connectivity index (χ0v) is 10.8. The molecule has 0 atom stereocenters. The molecule has 19 heavy (non-hydrogen) atoms. The molecule has 0 aromatic carbocycles. The Kier molecular flexibility index (Phi) is 5.35. The third kappa shape index (κ3) is 4.61. The van der Waals surface area contributed by atoms with Crippen LogP contribution >= 0.6 is 0 Å². The smallest absolute Gasteiger partial charge is 0.358 e. The molecular formula is C10H12N4O4S. The summed E-state index contributed by atoms with van der Waals surface area (Å²) in [4.78, 5) is 13.0. The summed E-state index contributed by atoms with van der Waals surface area (Å²) >= 11 is 0. The van der Waals surface area contributed by atoms with Gasteiger partial charge >= 0.3 is 5.82 Å². The molecule has 8 nitrogen and oxygen atoms in total. The van der Waals surface area contributed by atoms with E-state index in [4.69, 9.17) is 5.26 Å². The first-order valence-corrected chi connectivity index (χ1v) is 6.93. The predicted molar refractivity (Wildman–Crippen MR) is 65.5 cm³/mol. The highest BCUT2D eigenvalue weighted by molar-refractivity contribution is 7.89. The van der Waals surface area contributed by atoms with Gasteiger partial charge in [0.25, 0.3) is 0 Å². The predicted octanol–water partition coefficient (Wildman–Crippen LogP) is 0.962. The number of rotatable bonds is 7.